The summed E-state index contributed by atoms with van der Waals surface area (Å²) in [5.74, 6) is 0. The molecule has 0 amide bonds. The van der Waals surface area contributed by atoms with Crippen LogP contribution in [0.1, 0.15) is 0 Å². The number of aryl methyl sites for hydroxylation is 1. The molecule has 10 atom stereocenters. The Kier molecular flexibility index (Phi) is 9.34. The monoisotopic (exact) mass is 583 g/mol. The molecular weight excluding hydrogens is 550 g/mol. The molecule has 3 heterocycles. The summed E-state index contributed by atoms with van der Waals surface area (Å²) in [5, 5.41) is 87.7. The summed E-state index contributed by atoms with van der Waals surface area (Å²) in [4.78, 5) is 0. The van der Waals surface area contributed by atoms with Crippen molar-refractivity contribution in [3.8, 4) is 0 Å². The molecule has 0 saturated carbocycles. The van der Waals surface area contributed by atoms with Gasteiger partial charge in [-0.05, 0) is 30.3 Å². The molecule has 40 heavy (non-hydrogen) atoms. The van der Waals surface area contributed by atoms with E-state index in [0.29, 0.717) is 11.4 Å². The number of nitrogens with zero attached hydrogens (tertiary/aromatic N) is 1. The molecule has 13 nitrogen and oxygen atoms in total. The van der Waals surface area contributed by atoms with Gasteiger partial charge in [0, 0.05) is 34.3 Å². The lowest BCUT2D eigenvalue weighted by Crippen LogP contribution is -3.00. The van der Waals surface area contributed by atoms with Crippen LogP contribution >= 0.6 is 0 Å². The highest BCUT2D eigenvalue weighted by atomic mass is 35.5. The normalized spacial score (nSPS) is 34.4. The van der Waals surface area contributed by atoms with E-state index < -0.39 is 74.5 Å². The van der Waals surface area contributed by atoms with E-state index in [-0.39, 0.29) is 12.4 Å². The molecule has 220 valence electrons. The highest BCUT2D eigenvalue weighted by Crippen LogP contribution is 2.28. The number of hydrogen-bond donors (Lipinski definition) is 10. The molecule has 2 aliphatic heterocycles. The average Bonchev–Trinajstić information content (AvgIpc) is 2.94. The van der Waals surface area contributed by atoms with Crippen molar-refractivity contribution in [3.63, 3.8) is 0 Å². The maximum Gasteiger partial charge on any atom is 0.214 e. The lowest BCUT2D eigenvalue weighted by atomic mass is 9.98. The fourth-order valence-electron chi connectivity index (χ4n) is 5.16. The standard InChI is InChI=1S/C26H33N3O10.ClH/c1-29-15-7-13(27-25-23(36)21(34)19(32)17(9-30)38-25)4-2-11(15)6-12-3-5-14(8-16(12)29)28-26-24(37)22(35)20(33)18(10-31)39-26;/h2-8,17-26,30-37H,9-10H2,1H3,(H,27,28);1H/t17-,18-,19-,20-,21+,22+,23-,24-,25-,26-;/m1./s1. The van der Waals surface area contributed by atoms with E-state index in [1.54, 1.807) is 12.1 Å². The molecule has 1 aromatic heterocycles. The Morgan fingerprint density at radius 2 is 1.02 bits per heavy atom. The lowest BCUT2D eigenvalue weighted by Gasteiger charge is -2.40. The molecule has 5 rings (SSSR count). The lowest BCUT2D eigenvalue weighted by molar-refractivity contribution is -0.617. The van der Waals surface area contributed by atoms with Crippen LogP contribution in [-0.2, 0) is 16.5 Å². The van der Waals surface area contributed by atoms with Crippen molar-refractivity contribution in [2.45, 2.75) is 61.3 Å². The van der Waals surface area contributed by atoms with Crippen LogP contribution in [-0.4, -0.2) is 115 Å². The third-order valence-electron chi connectivity index (χ3n) is 7.50. The highest BCUT2D eigenvalue weighted by molar-refractivity contribution is 5.91. The van der Waals surface area contributed by atoms with Gasteiger partial charge < -0.3 is 73.4 Å². The number of halogens is 1. The SMILES string of the molecule is C[n+]1c2cc(N[C@@H]3O[C@H](CO)[C@@H](O)[C@H](O)[C@H]3O)ccc2cc2ccc(N[C@@H]3O[C@H](CO)[C@@H](O)[C@H](O)[C@H]3O)cc21.[Cl-]. The fourth-order valence-corrected chi connectivity index (χ4v) is 5.16. The smallest absolute Gasteiger partial charge is 0.214 e. The zero-order valence-electron chi connectivity index (χ0n) is 21.4. The molecule has 0 unspecified atom stereocenters. The van der Waals surface area contributed by atoms with Gasteiger partial charge in [0.2, 0.25) is 11.0 Å². The van der Waals surface area contributed by atoms with Crippen LogP contribution in [0.15, 0.2) is 42.5 Å². The summed E-state index contributed by atoms with van der Waals surface area (Å²) in [6.07, 6.45) is -13.0. The molecule has 3 aromatic rings. The number of ether oxygens (including phenoxy) is 2. The Balaban J connectivity index is 0.00000370. The summed E-state index contributed by atoms with van der Waals surface area (Å²) in [7, 11) is 1.86. The van der Waals surface area contributed by atoms with E-state index in [2.05, 4.69) is 10.6 Å². The maximum absolute atomic E-state index is 10.4. The molecule has 2 aromatic carbocycles. The van der Waals surface area contributed by atoms with Gasteiger partial charge in [0.05, 0.1) is 13.2 Å². The van der Waals surface area contributed by atoms with E-state index in [9.17, 15) is 40.9 Å². The number of rotatable bonds is 6. The van der Waals surface area contributed by atoms with Crippen LogP contribution in [0.5, 0.6) is 0 Å². The minimum atomic E-state index is -1.50. The number of nitrogens with one attached hydrogen (secondary N) is 2. The van der Waals surface area contributed by atoms with Crippen LogP contribution in [0, 0.1) is 0 Å². The van der Waals surface area contributed by atoms with E-state index in [0.717, 1.165) is 21.8 Å². The van der Waals surface area contributed by atoms with Gasteiger partial charge in [0.25, 0.3) is 0 Å². The second-order valence-electron chi connectivity index (χ2n) is 10.0. The third kappa shape index (κ3) is 5.55. The number of fused-ring (bicyclic) bond motifs is 2. The van der Waals surface area contributed by atoms with E-state index in [1.165, 1.54) is 0 Å². The van der Waals surface area contributed by atoms with Crippen molar-refractivity contribution in [2.75, 3.05) is 23.8 Å². The first kappa shape index (κ1) is 30.6. The Morgan fingerprint density at radius 1 is 0.625 bits per heavy atom. The van der Waals surface area contributed by atoms with Crippen molar-refractivity contribution in [1.29, 1.82) is 0 Å². The van der Waals surface area contributed by atoms with Crippen LogP contribution in [0.4, 0.5) is 11.4 Å². The highest BCUT2D eigenvalue weighted by Gasteiger charge is 2.44. The molecule has 0 radical (unpaired) electrons. The first-order valence-electron chi connectivity index (χ1n) is 12.6. The van der Waals surface area contributed by atoms with Gasteiger partial charge in [-0.25, -0.2) is 0 Å². The molecular formula is C26H34ClN3O10. The molecule has 2 fully saturated rings. The average molecular weight is 584 g/mol. The number of hydrogen-bond acceptors (Lipinski definition) is 12. The van der Waals surface area contributed by atoms with Gasteiger partial charge in [0.15, 0.2) is 12.5 Å². The van der Waals surface area contributed by atoms with Crippen molar-refractivity contribution >= 4 is 33.2 Å². The van der Waals surface area contributed by atoms with Crippen LogP contribution in [0.3, 0.4) is 0 Å². The second-order valence-corrected chi connectivity index (χ2v) is 10.0. The van der Waals surface area contributed by atoms with Gasteiger partial charge >= 0.3 is 0 Å². The predicted molar refractivity (Wildman–Crippen MR) is 137 cm³/mol. The van der Waals surface area contributed by atoms with Crippen molar-refractivity contribution < 1.29 is 67.3 Å². The van der Waals surface area contributed by atoms with Crippen LogP contribution in [0.2, 0.25) is 0 Å². The molecule has 0 bridgehead atoms. The van der Waals surface area contributed by atoms with Crippen molar-refractivity contribution in [3.05, 3.63) is 42.5 Å². The van der Waals surface area contributed by atoms with Gasteiger partial charge in [-0.15, -0.1) is 0 Å². The van der Waals surface area contributed by atoms with Crippen LogP contribution in [0.25, 0.3) is 21.8 Å². The Morgan fingerprint density at radius 3 is 1.40 bits per heavy atom. The quantitative estimate of drug-likeness (QED) is 0.0972. The Bertz CT molecular complexity index is 1230. The summed E-state index contributed by atoms with van der Waals surface area (Å²) < 4.78 is 13.0. The zero-order chi connectivity index (χ0) is 28.0. The van der Waals surface area contributed by atoms with Crippen molar-refractivity contribution in [1.82, 2.24) is 0 Å². The largest absolute Gasteiger partial charge is 1.00 e. The summed E-state index contributed by atoms with van der Waals surface area (Å²) in [6.45, 7) is -1.05. The summed E-state index contributed by atoms with van der Waals surface area (Å²) >= 11 is 0. The molecule has 2 aliphatic rings. The number of pyridine rings is 1. The maximum atomic E-state index is 10.4. The van der Waals surface area contributed by atoms with Crippen LogP contribution < -0.4 is 27.6 Å². The third-order valence-corrected chi connectivity index (χ3v) is 7.50. The number of anilines is 2. The molecule has 2 saturated heterocycles. The van der Waals surface area contributed by atoms with Gasteiger partial charge in [-0.3, -0.25) is 0 Å². The molecule has 10 N–H and O–H groups in total. The van der Waals surface area contributed by atoms with Gasteiger partial charge in [-0.1, -0.05) is 0 Å². The van der Waals surface area contributed by atoms with E-state index in [1.807, 2.05) is 41.9 Å². The number of aliphatic hydroxyl groups excluding tert-OH is 8. The Labute approximate surface area is 235 Å². The van der Waals surface area contributed by atoms with Gasteiger partial charge in [0.1, 0.15) is 55.9 Å². The zero-order valence-corrected chi connectivity index (χ0v) is 22.2. The molecule has 0 aliphatic carbocycles. The first-order valence-corrected chi connectivity index (χ1v) is 12.6. The van der Waals surface area contributed by atoms with E-state index >= 15 is 0 Å². The molecule has 0 spiro atoms. The Hall–Kier alpha value is -2.40. The van der Waals surface area contributed by atoms with Gasteiger partial charge in [-0.2, -0.15) is 4.57 Å². The predicted octanol–water partition coefficient (Wildman–Crippen LogP) is -5.75. The van der Waals surface area contributed by atoms with Crippen molar-refractivity contribution in [2.24, 2.45) is 7.05 Å². The summed E-state index contributed by atoms with van der Waals surface area (Å²) in [5.41, 5.74) is 2.75. The molecule has 14 heteroatoms. The number of benzene rings is 2. The number of aliphatic hydroxyl groups is 8. The number of aromatic nitrogens is 1. The first-order chi connectivity index (χ1) is 18.6. The topological polar surface area (TPSA) is 208 Å². The summed E-state index contributed by atoms with van der Waals surface area (Å²) in [6, 6.07) is 13.0. The minimum Gasteiger partial charge on any atom is -1.00 e. The minimum absolute atomic E-state index is 0. The second kappa shape index (κ2) is 12.2. The fraction of sp³-hybridized carbons (Fsp3) is 0.500. The van der Waals surface area contributed by atoms with E-state index in [4.69, 9.17) is 9.47 Å².